The number of ether oxygens (including phenoxy) is 2. The SMILES string of the molecule is CC(NC(=O)CCc1ccc2c(c1)OCCCO2)c1cccc(Cl)c1. The minimum absolute atomic E-state index is 0.0135. The lowest BCUT2D eigenvalue weighted by atomic mass is 10.1. The van der Waals surface area contributed by atoms with Crippen LogP contribution in [-0.2, 0) is 11.2 Å². The fourth-order valence-electron chi connectivity index (χ4n) is 2.79. The summed E-state index contributed by atoms with van der Waals surface area (Å²) in [6.07, 6.45) is 1.96. The Kier molecular flexibility index (Phi) is 5.82. The van der Waals surface area contributed by atoms with Crippen molar-refractivity contribution in [3.63, 3.8) is 0 Å². The van der Waals surface area contributed by atoms with Crippen LogP contribution in [0.2, 0.25) is 5.02 Å². The third-order valence-electron chi connectivity index (χ3n) is 4.18. The van der Waals surface area contributed by atoms with E-state index < -0.39 is 0 Å². The molecular weight excluding hydrogens is 338 g/mol. The normalized spacial score (nSPS) is 14.5. The molecule has 25 heavy (non-hydrogen) atoms. The van der Waals surface area contributed by atoms with Gasteiger partial charge in [-0.2, -0.15) is 0 Å². The van der Waals surface area contributed by atoms with E-state index in [9.17, 15) is 4.79 Å². The lowest BCUT2D eigenvalue weighted by Gasteiger charge is -2.15. The summed E-state index contributed by atoms with van der Waals surface area (Å²) in [7, 11) is 0. The maximum absolute atomic E-state index is 12.2. The zero-order valence-electron chi connectivity index (χ0n) is 14.3. The third-order valence-corrected chi connectivity index (χ3v) is 4.41. The number of hydrogen-bond acceptors (Lipinski definition) is 3. The van der Waals surface area contributed by atoms with Crippen LogP contribution in [0.1, 0.15) is 36.9 Å². The van der Waals surface area contributed by atoms with E-state index in [1.165, 1.54) is 0 Å². The molecule has 132 valence electrons. The summed E-state index contributed by atoms with van der Waals surface area (Å²) in [5, 5.41) is 3.68. The highest BCUT2D eigenvalue weighted by Gasteiger charge is 2.13. The lowest BCUT2D eigenvalue weighted by molar-refractivity contribution is -0.121. The first-order chi connectivity index (χ1) is 12.1. The van der Waals surface area contributed by atoms with Gasteiger partial charge in [-0.05, 0) is 48.7 Å². The average Bonchev–Trinajstić information content (AvgIpc) is 2.84. The maximum Gasteiger partial charge on any atom is 0.220 e. The number of amides is 1. The van der Waals surface area contributed by atoms with Crippen molar-refractivity contribution in [3.8, 4) is 11.5 Å². The molecule has 0 radical (unpaired) electrons. The molecule has 0 spiro atoms. The van der Waals surface area contributed by atoms with Crippen LogP contribution in [0.5, 0.6) is 11.5 Å². The van der Waals surface area contributed by atoms with Gasteiger partial charge in [-0.3, -0.25) is 4.79 Å². The minimum Gasteiger partial charge on any atom is -0.490 e. The Balaban J connectivity index is 1.54. The Bertz CT molecular complexity index is 747. The summed E-state index contributed by atoms with van der Waals surface area (Å²) in [6, 6.07) is 13.3. The van der Waals surface area contributed by atoms with Crippen LogP contribution in [0.4, 0.5) is 0 Å². The van der Waals surface area contributed by atoms with Crippen molar-refractivity contribution >= 4 is 17.5 Å². The number of aryl methyl sites for hydroxylation is 1. The first kappa shape index (κ1) is 17.6. The van der Waals surface area contributed by atoms with E-state index in [0.29, 0.717) is 31.1 Å². The highest BCUT2D eigenvalue weighted by atomic mass is 35.5. The Labute approximate surface area is 153 Å². The largest absolute Gasteiger partial charge is 0.490 e. The standard InChI is InChI=1S/C20H22ClNO3/c1-14(16-4-2-5-17(21)13-16)22-20(23)9-7-15-6-8-18-19(12-15)25-11-3-10-24-18/h2,4-6,8,12-14H,3,7,9-11H2,1H3,(H,22,23). The van der Waals surface area contributed by atoms with Crippen LogP contribution >= 0.6 is 11.6 Å². The highest BCUT2D eigenvalue weighted by molar-refractivity contribution is 6.30. The molecule has 1 aliphatic rings. The van der Waals surface area contributed by atoms with E-state index in [0.717, 1.165) is 29.0 Å². The molecular formula is C20H22ClNO3. The van der Waals surface area contributed by atoms with Gasteiger partial charge in [-0.1, -0.05) is 29.8 Å². The van der Waals surface area contributed by atoms with Crippen molar-refractivity contribution in [1.29, 1.82) is 0 Å². The molecule has 5 heteroatoms. The van der Waals surface area contributed by atoms with Crippen LogP contribution in [0.3, 0.4) is 0 Å². The Morgan fingerprint density at radius 2 is 1.96 bits per heavy atom. The molecule has 0 bridgehead atoms. The van der Waals surface area contributed by atoms with Crippen molar-refractivity contribution in [1.82, 2.24) is 5.32 Å². The predicted molar refractivity (Wildman–Crippen MR) is 98.4 cm³/mol. The summed E-state index contributed by atoms with van der Waals surface area (Å²) in [5.74, 6) is 1.56. The van der Waals surface area contributed by atoms with E-state index in [-0.39, 0.29) is 11.9 Å². The Hall–Kier alpha value is -2.20. The molecule has 2 aromatic carbocycles. The number of hydrogen-bond donors (Lipinski definition) is 1. The van der Waals surface area contributed by atoms with Crippen LogP contribution < -0.4 is 14.8 Å². The molecule has 1 amide bonds. The summed E-state index contributed by atoms with van der Waals surface area (Å²) < 4.78 is 11.3. The van der Waals surface area contributed by atoms with E-state index in [1.807, 2.05) is 49.4 Å². The van der Waals surface area contributed by atoms with E-state index in [2.05, 4.69) is 5.32 Å². The molecule has 1 N–H and O–H groups in total. The van der Waals surface area contributed by atoms with Gasteiger partial charge in [0, 0.05) is 17.9 Å². The molecule has 0 aliphatic carbocycles. The molecule has 1 atom stereocenters. The van der Waals surface area contributed by atoms with Crippen molar-refractivity contribution < 1.29 is 14.3 Å². The number of fused-ring (bicyclic) bond motifs is 1. The van der Waals surface area contributed by atoms with Gasteiger partial charge in [-0.25, -0.2) is 0 Å². The van der Waals surface area contributed by atoms with E-state index in [4.69, 9.17) is 21.1 Å². The fourth-order valence-corrected chi connectivity index (χ4v) is 2.99. The van der Waals surface area contributed by atoms with Gasteiger partial charge in [0.2, 0.25) is 5.91 Å². The van der Waals surface area contributed by atoms with Crippen molar-refractivity contribution in [2.75, 3.05) is 13.2 Å². The number of benzene rings is 2. The number of rotatable bonds is 5. The van der Waals surface area contributed by atoms with Crippen LogP contribution in [0.15, 0.2) is 42.5 Å². The fraction of sp³-hybridized carbons (Fsp3) is 0.350. The van der Waals surface area contributed by atoms with Crippen LogP contribution in [-0.4, -0.2) is 19.1 Å². The zero-order valence-corrected chi connectivity index (χ0v) is 15.0. The molecule has 1 aliphatic heterocycles. The topological polar surface area (TPSA) is 47.6 Å². The molecule has 0 saturated carbocycles. The third kappa shape index (κ3) is 4.89. The van der Waals surface area contributed by atoms with Crippen molar-refractivity contribution in [3.05, 3.63) is 58.6 Å². The van der Waals surface area contributed by atoms with Gasteiger partial charge in [0.1, 0.15) is 0 Å². The number of carbonyl (C=O) groups excluding carboxylic acids is 1. The summed E-state index contributed by atoms with van der Waals surface area (Å²) in [6.45, 7) is 3.29. The molecule has 0 fully saturated rings. The monoisotopic (exact) mass is 359 g/mol. The number of halogens is 1. The average molecular weight is 360 g/mol. The second-order valence-corrected chi connectivity index (χ2v) is 6.61. The zero-order chi connectivity index (χ0) is 17.6. The molecule has 1 unspecified atom stereocenters. The van der Waals surface area contributed by atoms with Gasteiger partial charge in [0.15, 0.2) is 11.5 Å². The number of carbonyl (C=O) groups is 1. The van der Waals surface area contributed by atoms with E-state index >= 15 is 0 Å². The molecule has 1 heterocycles. The Morgan fingerprint density at radius 3 is 2.76 bits per heavy atom. The van der Waals surface area contributed by atoms with Crippen LogP contribution in [0.25, 0.3) is 0 Å². The van der Waals surface area contributed by atoms with Crippen molar-refractivity contribution in [2.45, 2.75) is 32.2 Å². The highest BCUT2D eigenvalue weighted by Crippen LogP contribution is 2.30. The first-order valence-corrected chi connectivity index (χ1v) is 8.93. The molecule has 2 aromatic rings. The summed E-state index contributed by atoms with van der Waals surface area (Å²) in [5.41, 5.74) is 2.06. The van der Waals surface area contributed by atoms with Gasteiger partial charge in [0.25, 0.3) is 0 Å². The number of nitrogens with one attached hydrogen (secondary N) is 1. The summed E-state index contributed by atoms with van der Waals surface area (Å²) >= 11 is 6.00. The van der Waals surface area contributed by atoms with Gasteiger partial charge >= 0.3 is 0 Å². The minimum atomic E-state index is -0.0741. The molecule has 0 saturated heterocycles. The van der Waals surface area contributed by atoms with Crippen molar-refractivity contribution in [2.24, 2.45) is 0 Å². The van der Waals surface area contributed by atoms with Gasteiger partial charge < -0.3 is 14.8 Å². The Morgan fingerprint density at radius 1 is 1.16 bits per heavy atom. The maximum atomic E-state index is 12.2. The van der Waals surface area contributed by atoms with E-state index in [1.54, 1.807) is 0 Å². The second kappa shape index (κ2) is 8.26. The molecule has 0 aromatic heterocycles. The molecule has 4 nitrogen and oxygen atoms in total. The molecule has 3 rings (SSSR count). The first-order valence-electron chi connectivity index (χ1n) is 8.55. The smallest absolute Gasteiger partial charge is 0.220 e. The van der Waals surface area contributed by atoms with Crippen LogP contribution in [0, 0.1) is 0 Å². The van der Waals surface area contributed by atoms with Gasteiger partial charge in [0.05, 0.1) is 19.3 Å². The quantitative estimate of drug-likeness (QED) is 0.865. The second-order valence-electron chi connectivity index (χ2n) is 6.18. The predicted octanol–water partition coefficient (Wildman–Crippen LogP) is 4.31. The lowest BCUT2D eigenvalue weighted by Crippen LogP contribution is -2.26. The van der Waals surface area contributed by atoms with Gasteiger partial charge in [-0.15, -0.1) is 0 Å². The summed E-state index contributed by atoms with van der Waals surface area (Å²) in [4.78, 5) is 12.2.